The number of alkyl carbamates (subject to hydrolysis) is 1. The maximum atomic E-state index is 15.5. The van der Waals surface area contributed by atoms with E-state index in [0.717, 1.165) is 19.2 Å². The van der Waals surface area contributed by atoms with Crippen molar-refractivity contribution in [3.8, 4) is 0 Å². The summed E-state index contributed by atoms with van der Waals surface area (Å²) in [6, 6.07) is 13.4. The average Bonchev–Trinajstić information content (AvgIpc) is 3.08. The highest BCUT2D eigenvalue weighted by atomic mass is 32.2. The molecule has 258 valence electrons. The predicted molar refractivity (Wildman–Crippen MR) is 172 cm³/mol. The second-order valence-corrected chi connectivity index (χ2v) is 13.9. The van der Waals surface area contributed by atoms with Crippen LogP contribution in [0.4, 0.5) is 23.7 Å². The van der Waals surface area contributed by atoms with Crippen molar-refractivity contribution in [2.75, 3.05) is 38.7 Å². The number of carbonyl (C=O) groups excluding carboxylic acids is 2. The number of methoxy groups -OCH3 is 1. The van der Waals surface area contributed by atoms with Crippen molar-refractivity contribution in [2.24, 2.45) is 0 Å². The van der Waals surface area contributed by atoms with Crippen molar-refractivity contribution < 1.29 is 40.7 Å². The number of piperazine rings is 1. The van der Waals surface area contributed by atoms with Crippen LogP contribution in [0.3, 0.4) is 0 Å². The molecule has 14 heteroatoms. The summed E-state index contributed by atoms with van der Waals surface area (Å²) in [6.45, 7) is 2.95. The van der Waals surface area contributed by atoms with Gasteiger partial charge >= 0.3 is 6.09 Å². The van der Waals surface area contributed by atoms with E-state index < -0.39 is 57.0 Å². The zero-order valence-corrected chi connectivity index (χ0v) is 27.5. The molecule has 3 atom stereocenters. The van der Waals surface area contributed by atoms with Crippen LogP contribution in [0, 0.1) is 17.5 Å². The number of rotatable bonds is 10. The Labute approximate surface area is 278 Å². The molecule has 0 bridgehead atoms. The molecular weight excluding hydrogens is 649 g/mol. The number of amides is 2. The van der Waals surface area contributed by atoms with Crippen molar-refractivity contribution in [2.45, 2.75) is 61.0 Å². The first-order valence-electron chi connectivity index (χ1n) is 15.7. The van der Waals surface area contributed by atoms with Gasteiger partial charge in [0.2, 0.25) is 15.9 Å². The Hall–Kier alpha value is -3.98. The van der Waals surface area contributed by atoms with Gasteiger partial charge in [-0.2, -0.15) is 4.31 Å². The number of nitrogens with zero attached hydrogens (tertiary/aromatic N) is 1. The van der Waals surface area contributed by atoms with Crippen LogP contribution in [0.1, 0.15) is 37.3 Å². The molecule has 0 spiro atoms. The Morgan fingerprint density at radius 3 is 2.42 bits per heavy atom. The normalized spacial score (nSPS) is 20.4. The lowest BCUT2D eigenvalue weighted by Gasteiger charge is -2.43. The van der Waals surface area contributed by atoms with Crippen molar-refractivity contribution in [3.05, 3.63) is 95.3 Å². The third kappa shape index (κ3) is 7.36. The van der Waals surface area contributed by atoms with Crippen LogP contribution >= 0.6 is 0 Å². The number of nitrogens with one attached hydrogen (secondary N) is 3. The first kappa shape index (κ1) is 35.3. The van der Waals surface area contributed by atoms with Gasteiger partial charge in [-0.1, -0.05) is 30.3 Å². The summed E-state index contributed by atoms with van der Waals surface area (Å²) < 4.78 is 83.1. The largest absolute Gasteiger partial charge is 0.453 e. The van der Waals surface area contributed by atoms with Crippen molar-refractivity contribution in [1.82, 2.24) is 14.9 Å². The van der Waals surface area contributed by atoms with Gasteiger partial charge in [0, 0.05) is 55.1 Å². The van der Waals surface area contributed by atoms with E-state index in [9.17, 15) is 26.8 Å². The first-order chi connectivity index (χ1) is 23.0. The van der Waals surface area contributed by atoms with E-state index in [-0.39, 0.29) is 66.6 Å². The molecule has 1 unspecified atom stereocenters. The highest BCUT2D eigenvalue weighted by molar-refractivity contribution is 7.89. The number of benzene rings is 3. The fraction of sp³-hybridized carbons (Fsp3) is 0.412. The highest BCUT2D eigenvalue weighted by Crippen LogP contribution is 2.40. The summed E-state index contributed by atoms with van der Waals surface area (Å²) in [5.74, 6) is -3.52. The number of sulfonamides is 1. The molecule has 0 saturated carbocycles. The average molecular weight is 689 g/mol. The summed E-state index contributed by atoms with van der Waals surface area (Å²) in [5.41, 5.74) is -0.681. The van der Waals surface area contributed by atoms with E-state index in [1.165, 1.54) is 40.7 Å². The van der Waals surface area contributed by atoms with E-state index in [1.54, 1.807) is 18.2 Å². The third-order valence-electron chi connectivity index (χ3n) is 9.18. The molecule has 2 heterocycles. The molecule has 5 rings (SSSR count). The molecule has 3 aromatic rings. The van der Waals surface area contributed by atoms with Gasteiger partial charge in [-0.25, -0.2) is 26.4 Å². The Bertz CT molecular complexity index is 1720. The molecule has 48 heavy (non-hydrogen) atoms. The molecule has 0 aliphatic carbocycles. The highest BCUT2D eigenvalue weighted by Gasteiger charge is 2.47. The van der Waals surface area contributed by atoms with Gasteiger partial charge in [0.25, 0.3) is 0 Å². The van der Waals surface area contributed by atoms with Gasteiger partial charge in [-0.15, -0.1) is 0 Å². The van der Waals surface area contributed by atoms with Crippen LogP contribution in [0.5, 0.6) is 0 Å². The topological polar surface area (TPSA) is 126 Å². The minimum Gasteiger partial charge on any atom is -0.453 e. The summed E-state index contributed by atoms with van der Waals surface area (Å²) in [6.07, 6.45) is -0.280. The summed E-state index contributed by atoms with van der Waals surface area (Å²) in [5, 5.41) is 8.58. The van der Waals surface area contributed by atoms with Crippen LogP contribution in [0.2, 0.25) is 0 Å². The van der Waals surface area contributed by atoms with Gasteiger partial charge < -0.3 is 25.4 Å². The molecule has 0 aromatic heterocycles. The standard InChI is InChI=1S/C34H39F3N4O6S/c1-22-20-38-21-24(41(22)48(44,45)25-7-4-3-5-8-25)12-13-26-27(35)9-6-10-30(26)39-32(42)31(40-33(43)46-2)34(15-17-47-18-16-34)23-11-14-28(36)29(37)19-23/h3-11,14,19,22,24,31,38H,12-13,15-18,20-21H2,1-2H3,(H,39,42)(H,40,43)/t22-,24?,31+/m0/s1. The SMILES string of the molecule is COC(=O)N[C@H](C(=O)Nc1cccc(F)c1CCC1CNC[C@H](C)N1S(=O)(=O)c1ccccc1)C1(c2ccc(F)c(F)c2)CCOCC1. The first-order valence-corrected chi connectivity index (χ1v) is 17.2. The van der Waals surface area contributed by atoms with Gasteiger partial charge in [0.05, 0.1) is 12.0 Å². The molecule has 2 amide bonds. The van der Waals surface area contributed by atoms with Gasteiger partial charge in [0.1, 0.15) is 11.9 Å². The van der Waals surface area contributed by atoms with Crippen molar-refractivity contribution in [3.63, 3.8) is 0 Å². The fourth-order valence-corrected chi connectivity index (χ4v) is 8.60. The predicted octanol–water partition coefficient (Wildman–Crippen LogP) is 4.50. The lowest BCUT2D eigenvalue weighted by Crippen LogP contribution is -2.59. The van der Waals surface area contributed by atoms with Crippen molar-refractivity contribution in [1.29, 1.82) is 0 Å². The van der Waals surface area contributed by atoms with Crippen LogP contribution in [-0.4, -0.2) is 76.3 Å². The Kier molecular flexibility index (Phi) is 11.1. The smallest absolute Gasteiger partial charge is 0.407 e. The molecule has 3 aromatic carbocycles. The van der Waals surface area contributed by atoms with Crippen LogP contribution < -0.4 is 16.0 Å². The van der Waals surface area contributed by atoms with E-state index >= 15 is 4.39 Å². The summed E-state index contributed by atoms with van der Waals surface area (Å²) >= 11 is 0. The zero-order valence-electron chi connectivity index (χ0n) is 26.7. The number of anilines is 1. The van der Waals surface area contributed by atoms with Gasteiger partial charge in [-0.3, -0.25) is 4.79 Å². The van der Waals surface area contributed by atoms with Crippen LogP contribution in [0.15, 0.2) is 71.6 Å². The number of carbonyl (C=O) groups is 2. The maximum absolute atomic E-state index is 15.5. The number of halogens is 3. The fourth-order valence-electron chi connectivity index (χ4n) is 6.74. The molecule has 3 N–H and O–H groups in total. The Morgan fingerprint density at radius 2 is 1.73 bits per heavy atom. The van der Waals surface area contributed by atoms with E-state index in [2.05, 4.69) is 16.0 Å². The van der Waals surface area contributed by atoms with Crippen LogP contribution in [-0.2, 0) is 36.1 Å². The Balaban J connectivity index is 1.44. The van der Waals surface area contributed by atoms with Gasteiger partial charge in [-0.05, 0) is 74.6 Å². The second kappa shape index (κ2) is 15.1. The molecule has 2 aliphatic heterocycles. The number of hydrogen-bond acceptors (Lipinski definition) is 7. The maximum Gasteiger partial charge on any atom is 0.407 e. The quantitative estimate of drug-likeness (QED) is 0.287. The van der Waals surface area contributed by atoms with Crippen LogP contribution in [0.25, 0.3) is 0 Å². The molecule has 10 nitrogen and oxygen atoms in total. The van der Waals surface area contributed by atoms with E-state index in [1.807, 2.05) is 6.92 Å². The minimum atomic E-state index is -3.86. The molecule has 2 aliphatic rings. The lowest BCUT2D eigenvalue weighted by molar-refractivity contribution is -0.121. The molecular formula is C34H39F3N4O6S. The Morgan fingerprint density at radius 1 is 1.00 bits per heavy atom. The lowest BCUT2D eigenvalue weighted by atomic mass is 9.68. The monoisotopic (exact) mass is 688 g/mol. The molecule has 2 saturated heterocycles. The van der Waals surface area contributed by atoms with Crippen molar-refractivity contribution >= 4 is 27.7 Å². The number of hydrogen-bond donors (Lipinski definition) is 3. The van der Waals surface area contributed by atoms with E-state index in [4.69, 9.17) is 9.47 Å². The third-order valence-corrected chi connectivity index (χ3v) is 11.3. The van der Waals surface area contributed by atoms with Gasteiger partial charge in [0.15, 0.2) is 11.6 Å². The summed E-state index contributed by atoms with van der Waals surface area (Å²) in [4.78, 5) is 26.9. The number of ether oxygens (including phenoxy) is 2. The second-order valence-electron chi connectivity index (χ2n) is 12.1. The molecule has 0 radical (unpaired) electrons. The molecule has 2 fully saturated rings. The zero-order chi connectivity index (χ0) is 34.5. The van der Waals surface area contributed by atoms with E-state index in [0.29, 0.717) is 13.1 Å². The summed E-state index contributed by atoms with van der Waals surface area (Å²) in [7, 11) is -2.73. The minimum absolute atomic E-state index is 0.0689.